The lowest BCUT2D eigenvalue weighted by atomic mass is 9.81. The normalized spacial score (nSPS) is 20.5. The van der Waals surface area contributed by atoms with Gasteiger partial charge in [0.1, 0.15) is 0 Å². The molecule has 2 N–H and O–H groups in total. The number of nitrogens with zero attached hydrogens (tertiary/aromatic N) is 2. The van der Waals surface area contributed by atoms with E-state index in [4.69, 9.17) is 5.73 Å². The summed E-state index contributed by atoms with van der Waals surface area (Å²) >= 11 is 0. The first kappa shape index (κ1) is 21.0. The third-order valence-electron chi connectivity index (χ3n) is 6.20. The van der Waals surface area contributed by atoms with Crippen LogP contribution in [0.3, 0.4) is 0 Å². The summed E-state index contributed by atoms with van der Waals surface area (Å²) in [4.78, 5) is 6.79. The number of benzene rings is 1. The van der Waals surface area contributed by atoms with Crippen LogP contribution in [0.25, 0.3) is 0 Å². The van der Waals surface area contributed by atoms with E-state index < -0.39 is 0 Å². The number of aromatic nitrogens is 1. The van der Waals surface area contributed by atoms with Crippen LogP contribution in [0, 0.1) is 11.8 Å². The molecule has 3 heteroatoms. The molecule has 1 heterocycles. The molecule has 0 radical (unpaired) electrons. The quantitative estimate of drug-likeness (QED) is 0.724. The molecule has 1 aliphatic carbocycles. The van der Waals surface area contributed by atoms with Gasteiger partial charge < -0.3 is 5.73 Å². The Labute approximate surface area is 171 Å². The van der Waals surface area contributed by atoms with Gasteiger partial charge >= 0.3 is 0 Å². The summed E-state index contributed by atoms with van der Waals surface area (Å²) in [6.07, 6.45) is 9.03. The van der Waals surface area contributed by atoms with Crippen molar-refractivity contribution in [1.29, 1.82) is 0 Å². The van der Waals surface area contributed by atoms with E-state index in [1.807, 2.05) is 12.4 Å². The molecule has 0 spiro atoms. The summed E-state index contributed by atoms with van der Waals surface area (Å²) in [6, 6.07) is 13.5. The molecule has 1 aromatic carbocycles. The molecule has 1 aromatic heterocycles. The topological polar surface area (TPSA) is 42.2 Å². The van der Waals surface area contributed by atoms with E-state index >= 15 is 0 Å². The fourth-order valence-corrected chi connectivity index (χ4v) is 4.31. The molecule has 0 amide bonds. The van der Waals surface area contributed by atoms with E-state index in [9.17, 15) is 0 Å². The van der Waals surface area contributed by atoms with Gasteiger partial charge in [0, 0.05) is 32.0 Å². The predicted octanol–water partition coefficient (Wildman–Crippen LogP) is 5.15. The summed E-state index contributed by atoms with van der Waals surface area (Å²) in [7, 11) is 0. The Kier molecular flexibility index (Phi) is 7.25. The molecule has 0 bridgehead atoms. The highest BCUT2D eigenvalue weighted by Crippen LogP contribution is 2.29. The van der Waals surface area contributed by atoms with Crippen LogP contribution in [0.5, 0.6) is 0 Å². The van der Waals surface area contributed by atoms with Crippen molar-refractivity contribution in [2.45, 2.75) is 65.0 Å². The molecule has 1 fully saturated rings. The van der Waals surface area contributed by atoms with Crippen molar-refractivity contribution < 1.29 is 0 Å². The van der Waals surface area contributed by atoms with E-state index in [0.717, 1.165) is 31.5 Å². The standard InChI is InChI=1S/C25H37N3/c1-25(2,3)24-10-8-22(9-11-24)18-28(19-23-12-14-27-15-13-23)17-21-6-4-20(16-26)5-7-21/h8-15,20-21H,4-7,16-19,26H2,1-3H3. The average molecular weight is 380 g/mol. The monoisotopic (exact) mass is 379 g/mol. The van der Waals surface area contributed by atoms with Crippen molar-refractivity contribution in [2.24, 2.45) is 17.6 Å². The molecule has 2 aromatic rings. The smallest absolute Gasteiger partial charge is 0.0271 e. The van der Waals surface area contributed by atoms with E-state index in [1.165, 1.54) is 48.9 Å². The van der Waals surface area contributed by atoms with Gasteiger partial charge in [-0.25, -0.2) is 0 Å². The zero-order valence-corrected chi connectivity index (χ0v) is 17.9. The first-order chi connectivity index (χ1) is 13.4. The minimum absolute atomic E-state index is 0.205. The molecule has 0 aliphatic heterocycles. The van der Waals surface area contributed by atoms with Gasteiger partial charge in [0.05, 0.1) is 0 Å². The highest BCUT2D eigenvalue weighted by atomic mass is 15.1. The lowest BCUT2D eigenvalue weighted by Gasteiger charge is -2.32. The van der Waals surface area contributed by atoms with Gasteiger partial charge in [-0.1, -0.05) is 45.0 Å². The second-order valence-corrected chi connectivity index (χ2v) is 9.59. The second kappa shape index (κ2) is 9.67. The minimum atomic E-state index is 0.205. The first-order valence-corrected chi connectivity index (χ1v) is 10.8. The molecule has 3 nitrogen and oxygen atoms in total. The second-order valence-electron chi connectivity index (χ2n) is 9.59. The molecule has 1 aliphatic rings. The summed E-state index contributed by atoms with van der Waals surface area (Å²) in [5, 5.41) is 0. The Balaban J connectivity index is 1.67. The van der Waals surface area contributed by atoms with Gasteiger partial charge in [-0.3, -0.25) is 9.88 Å². The molecular weight excluding hydrogens is 342 g/mol. The SMILES string of the molecule is CC(C)(C)c1ccc(CN(Cc2ccncc2)CC2CCC(CN)CC2)cc1. The van der Waals surface area contributed by atoms with Crippen molar-refractivity contribution in [3.05, 3.63) is 65.5 Å². The Morgan fingerprint density at radius 2 is 1.39 bits per heavy atom. The van der Waals surface area contributed by atoms with Crippen LogP contribution >= 0.6 is 0 Å². The van der Waals surface area contributed by atoms with Crippen LogP contribution in [0.15, 0.2) is 48.8 Å². The number of nitrogens with two attached hydrogens (primary N) is 1. The summed E-state index contributed by atoms with van der Waals surface area (Å²) in [5.74, 6) is 1.54. The van der Waals surface area contributed by atoms with E-state index in [1.54, 1.807) is 0 Å². The average Bonchev–Trinajstić information content (AvgIpc) is 2.69. The largest absolute Gasteiger partial charge is 0.330 e. The maximum Gasteiger partial charge on any atom is 0.0271 e. The predicted molar refractivity (Wildman–Crippen MR) is 118 cm³/mol. The Morgan fingerprint density at radius 3 is 1.93 bits per heavy atom. The van der Waals surface area contributed by atoms with Crippen molar-refractivity contribution in [1.82, 2.24) is 9.88 Å². The van der Waals surface area contributed by atoms with E-state index in [-0.39, 0.29) is 5.41 Å². The van der Waals surface area contributed by atoms with Gasteiger partial charge in [0.25, 0.3) is 0 Å². The van der Waals surface area contributed by atoms with Gasteiger partial charge in [-0.15, -0.1) is 0 Å². The van der Waals surface area contributed by atoms with Crippen LogP contribution in [-0.2, 0) is 18.5 Å². The van der Waals surface area contributed by atoms with Crippen molar-refractivity contribution in [2.75, 3.05) is 13.1 Å². The van der Waals surface area contributed by atoms with Crippen LogP contribution in [0.1, 0.15) is 63.1 Å². The maximum atomic E-state index is 5.88. The Hall–Kier alpha value is -1.71. The number of pyridine rings is 1. The van der Waals surface area contributed by atoms with Gasteiger partial charge in [-0.2, -0.15) is 0 Å². The van der Waals surface area contributed by atoms with Crippen molar-refractivity contribution >= 4 is 0 Å². The number of hydrogen-bond acceptors (Lipinski definition) is 3. The zero-order chi connectivity index (χ0) is 20.0. The maximum absolute atomic E-state index is 5.88. The Bertz CT molecular complexity index is 695. The molecule has 28 heavy (non-hydrogen) atoms. The summed E-state index contributed by atoms with van der Waals surface area (Å²) in [5.41, 5.74) is 10.2. The molecule has 152 valence electrons. The molecule has 0 saturated heterocycles. The van der Waals surface area contributed by atoms with Crippen LogP contribution in [0.2, 0.25) is 0 Å². The number of rotatable bonds is 7. The highest BCUT2D eigenvalue weighted by molar-refractivity contribution is 5.27. The molecule has 1 saturated carbocycles. The van der Waals surface area contributed by atoms with Crippen LogP contribution < -0.4 is 5.73 Å². The van der Waals surface area contributed by atoms with E-state index in [0.29, 0.717) is 0 Å². The Morgan fingerprint density at radius 1 is 0.857 bits per heavy atom. The summed E-state index contributed by atoms with van der Waals surface area (Å²) < 4.78 is 0. The molecule has 0 atom stereocenters. The van der Waals surface area contributed by atoms with Crippen molar-refractivity contribution in [3.8, 4) is 0 Å². The molecular formula is C25H37N3. The fourth-order valence-electron chi connectivity index (χ4n) is 4.31. The third-order valence-corrected chi connectivity index (χ3v) is 6.20. The van der Waals surface area contributed by atoms with Gasteiger partial charge in [0.2, 0.25) is 0 Å². The van der Waals surface area contributed by atoms with Crippen molar-refractivity contribution in [3.63, 3.8) is 0 Å². The molecule has 3 rings (SSSR count). The fraction of sp³-hybridized carbons (Fsp3) is 0.560. The zero-order valence-electron chi connectivity index (χ0n) is 17.9. The van der Waals surface area contributed by atoms with Crippen LogP contribution in [-0.4, -0.2) is 23.0 Å². The van der Waals surface area contributed by atoms with E-state index in [2.05, 4.69) is 67.1 Å². The van der Waals surface area contributed by atoms with Gasteiger partial charge in [-0.05, 0) is 78.3 Å². The summed E-state index contributed by atoms with van der Waals surface area (Å²) in [6.45, 7) is 10.8. The third kappa shape index (κ3) is 6.15. The highest BCUT2D eigenvalue weighted by Gasteiger charge is 2.22. The van der Waals surface area contributed by atoms with Gasteiger partial charge in [0.15, 0.2) is 0 Å². The first-order valence-electron chi connectivity index (χ1n) is 10.8. The minimum Gasteiger partial charge on any atom is -0.330 e. The number of hydrogen-bond donors (Lipinski definition) is 1. The van der Waals surface area contributed by atoms with Crippen LogP contribution in [0.4, 0.5) is 0 Å². The lowest BCUT2D eigenvalue weighted by molar-refractivity contribution is 0.170. The lowest BCUT2D eigenvalue weighted by Crippen LogP contribution is -2.32. The molecule has 0 unspecified atom stereocenters.